The number of nitrogens with one attached hydrogen (secondary N) is 1. The van der Waals surface area contributed by atoms with E-state index in [0.717, 1.165) is 0 Å². The van der Waals surface area contributed by atoms with Crippen molar-refractivity contribution in [2.24, 2.45) is 5.92 Å². The molecule has 1 aliphatic heterocycles. The molecule has 2 heterocycles. The Labute approximate surface area is 145 Å². The molecule has 1 aromatic heterocycles. The number of rotatable bonds is 4. The van der Waals surface area contributed by atoms with E-state index in [1.165, 1.54) is 17.0 Å². The maximum atomic E-state index is 13.6. The lowest BCUT2D eigenvalue weighted by Crippen LogP contribution is -2.44. The molecule has 1 fully saturated rings. The Morgan fingerprint density at radius 1 is 1.44 bits per heavy atom. The number of aryl methyl sites for hydroxylation is 1. The molecule has 132 valence electrons. The predicted molar refractivity (Wildman–Crippen MR) is 91.2 cm³/mol. The Kier molecular flexibility index (Phi) is 4.83. The second-order valence-electron chi connectivity index (χ2n) is 6.22. The summed E-state index contributed by atoms with van der Waals surface area (Å²) in [5.74, 6) is -1.07. The molecule has 2 amide bonds. The van der Waals surface area contributed by atoms with Crippen molar-refractivity contribution in [2.45, 2.75) is 32.4 Å². The first kappa shape index (κ1) is 17.1. The van der Waals surface area contributed by atoms with Crippen LogP contribution >= 0.6 is 0 Å². The van der Waals surface area contributed by atoms with Gasteiger partial charge in [-0.25, -0.2) is 4.39 Å². The second-order valence-corrected chi connectivity index (χ2v) is 6.22. The van der Waals surface area contributed by atoms with Gasteiger partial charge in [-0.2, -0.15) is 5.10 Å². The molecule has 1 saturated heterocycles. The Hall–Kier alpha value is -2.70. The lowest BCUT2D eigenvalue weighted by Gasteiger charge is -2.38. The van der Waals surface area contributed by atoms with Gasteiger partial charge < -0.3 is 10.2 Å². The van der Waals surface area contributed by atoms with Gasteiger partial charge in [0.25, 0.3) is 0 Å². The fourth-order valence-corrected chi connectivity index (χ4v) is 3.30. The zero-order valence-electron chi connectivity index (χ0n) is 14.3. The third-order valence-electron chi connectivity index (χ3n) is 4.61. The highest BCUT2D eigenvalue weighted by molar-refractivity contribution is 5.94. The standard InChI is InChI=1S/C18H21FN4O2/c1-3-23-11-14(10-20-23)21-18(25)15-7-8-16(24)22(2)17(15)12-5-4-6-13(19)9-12/h4-6,9-11,15,17H,3,7-8H2,1-2H3,(H,21,25). The van der Waals surface area contributed by atoms with Gasteiger partial charge in [-0.05, 0) is 31.0 Å². The number of hydrogen-bond acceptors (Lipinski definition) is 3. The van der Waals surface area contributed by atoms with Crippen molar-refractivity contribution >= 4 is 17.5 Å². The summed E-state index contributed by atoms with van der Waals surface area (Å²) in [4.78, 5) is 26.5. The molecule has 6 nitrogen and oxygen atoms in total. The number of nitrogens with zero attached hydrogens (tertiary/aromatic N) is 3. The molecule has 1 N–H and O–H groups in total. The van der Waals surface area contributed by atoms with Gasteiger partial charge >= 0.3 is 0 Å². The molecule has 3 rings (SSSR count). The van der Waals surface area contributed by atoms with Gasteiger partial charge in [0.15, 0.2) is 0 Å². The fourth-order valence-electron chi connectivity index (χ4n) is 3.30. The van der Waals surface area contributed by atoms with Crippen LogP contribution in [0, 0.1) is 11.7 Å². The molecule has 2 aromatic rings. The molecule has 0 bridgehead atoms. The van der Waals surface area contributed by atoms with Crippen LogP contribution in [-0.4, -0.2) is 33.5 Å². The van der Waals surface area contributed by atoms with Gasteiger partial charge in [0.2, 0.25) is 11.8 Å². The predicted octanol–water partition coefficient (Wildman–Crippen LogP) is 2.59. The summed E-state index contributed by atoms with van der Waals surface area (Å²) in [5.41, 5.74) is 1.24. The van der Waals surface area contributed by atoms with Crippen LogP contribution in [0.25, 0.3) is 0 Å². The summed E-state index contributed by atoms with van der Waals surface area (Å²) >= 11 is 0. The van der Waals surface area contributed by atoms with Gasteiger partial charge in [-0.15, -0.1) is 0 Å². The van der Waals surface area contributed by atoms with Crippen molar-refractivity contribution in [3.63, 3.8) is 0 Å². The van der Waals surface area contributed by atoms with E-state index in [-0.39, 0.29) is 17.6 Å². The number of anilines is 1. The first-order chi connectivity index (χ1) is 12.0. The highest BCUT2D eigenvalue weighted by Crippen LogP contribution is 2.36. The van der Waals surface area contributed by atoms with Crippen LogP contribution in [0.1, 0.15) is 31.4 Å². The third kappa shape index (κ3) is 3.55. The van der Waals surface area contributed by atoms with Crippen LogP contribution in [0.15, 0.2) is 36.7 Å². The van der Waals surface area contributed by atoms with Crippen LogP contribution in [0.2, 0.25) is 0 Å². The summed E-state index contributed by atoms with van der Waals surface area (Å²) in [6, 6.07) is 5.59. The number of benzene rings is 1. The molecule has 2 atom stereocenters. The van der Waals surface area contributed by atoms with E-state index in [1.54, 1.807) is 36.3 Å². The number of piperidine rings is 1. The fraction of sp³-hybridized carbons (Fsp3) is 0.389. The quantitative estimate of drug-likeness (QED) is 0.927. The SMILES string of the molecule is CCn1cc(NC(=O)C2CCC(=O)N(C)C2c2cccc(F)c2)cn1. The highest BCUT2D eigenvalue weighted by Gasteiger charge is 2.39. The first-order valence-electron chi connectivity index (χ1n) is 8.34. The zero-order valence-corrected chi connectivity index (χ0v) is 14.3. The average molecular weight is 344 g/mol. The second kappa shape index (κ2) is 7.04. The van der Waals surface area contributed by atoms with Crippen molar-refractivity contribution in [3.05, 3.63) is 48.0 Å². The lowest BCUT2D eigenvalue weighted by molar-refractivity contribution is -0.140. The van der Waals surface area contributed by atoms with Crippen molar-refractivity contribution in [1.29, 1.82) is 0 Å². The van der Waals surface area contributed by atoms with E-state index in [4.69, 9.17) is 0 Å². The molecule has 7 heteroatoms. The van der Waals surface area contributed by atoms with E-state index in [2.05, 4.69) is 10.4 Å². The lowest BCUT2D eigenvalue weighted by atomic mass is 9.84. The maximum absolute atomic E-state index is 13.6. The van der Waals surface area contributed by atoms with Crippen LogP contribution in [0.5, 0.6) is 0 Å². The Morgan fingerprint density at radius 2 is 2.24 bits per heavy atom. The number of carbonyl (C=O) groups excluding carboxylic acids is 2. The van der Waals surface area contributed by atoms with E-state index >= 15 is 0 Å². The number of amides is 2. The molecule has 1 aliphatic rings. The van der Waals surface area contributed by atoms with Crippen LogP contribution in [0.4, 0.5) is 10.1 Å². The minimum absolute atomic E-state index is 0.0443. The molecule has 0 spiro atoms. The minimum Gasteiger partial charge on any atom is -0.338 e. The zero-order chi connectivity index (χ0) is 18.0. The summed E-state index contributed by atoms with van der Waals surface area (Å²) in [6.07, 6.45) is 4.08. The van der Waals surface area contributed by atoms with Gasteiger partial charge in [-0.1, -0.05) is 12.1 Å². The molecule has 25 heavy (non-hydrogen) atoms. The summed E-state index contributed by atoms with van der Waals surface area (Å²) < 4.78 is 15.4. The van der Waals surface area contributed by atoms with Crippen LogP contribution in [-0.2, 0) is 16.1 Å². The van der Waals surface area contributed by atoms with Gasteiger partial charge in [0, 0.05) is 26.2 Å². The van der Waals surface area contributed by atoms with E-state index in [0.29, 0.717) is 30.6 Å². The van der Waals surface area contributed by atoms with E-state index in [1.807, 2.05) is 6.92 Å². The van der Waals surface area contributed by atoms with E-state index in [9.17, 15) is 14.0 Å². The largest absolute Gasteiger partial charge is 0.338 e. The number of hydrogen-bond donors (Lipinski definition) is 1. The van der Waals surface area contributed by atoms with Crippen LogP contribution < -0.4 is 5.32 Å². The summed E-state index contributed by atoms with van der Waals surface area (Å²) in [5, 5.41) is 7.00. The number of carbonyl (C=O) groups is 2. The number of halogens is 1. The van der Waals surface area contributed by atoms with E-state index < -0.39 is 12.0 Å². The number of aromatic nitrogens is 2. The van der Waals surface area contributed by atoms with Crippen molar-refractivity contribution in [3.8, 4) is 0 Å². The topological polar surface area (TPSA) is 67.2 Å². The first-order valence-corrected chi connectivity index (χ1v) is 8.34. The van der Waals surface area contributed by atoms with Crippen LogP contribution in [0.3, 0.4) is 0 Å². The molecule has 1 aromatic carbocycles. The summed E-state index contributed by atoms with van der Waals surface area (Å²) in [6.45, 7) is 2.67. The Morgan fingerprint density at radius 3 is 2.92 bits per heavy atom. The normalized spacial score (nSPS) is 20.6. The van der Waals surface area contributed by atoms with Gasteiger partial charge in [0.1, 0.15) is 5.82 Å². The monoisotopic (exact) mass is 344 g/mol. The molecule has 2 unspecified atom stereocenters. The molecular weight excluding hydrogens is 323 g/mol. The Bertz CT molecular complexity index is 789. The minimum atomic E-state index is -0.488. The highest BCUT2D eigenvalue weighted by atomic mass is 19.1. The number of likely N-dealkylation sites (tertiary alicyclic amines) is 1. The molecule has 0 aliphatic carbocycles. The van der Waals surface area contributed by atoms with Crippen molar-refractivity contribution < 1.29 is 14.0 Å². The molecule has 0 radical (unpaired) electrons. The average Bonchev–Trinajstić information content (AvgIpc) is 3.04. The van der Waals surface area contributed by atoms with Gasteiger partial charge in [0.05, 0.1) is 23.8 Å². The Balaban J connectivity index is 1.86. The van der Waals surface area contributed by atoms with Gasteiger partial charge in [-0.3, -0.25) is 14.3 Å². The van der Waals surface area contributed by atoms with Crippen molar-refractivity contribution in [1.82, 2.24) is 14.7 Å². The molecular formula is C18H21FN4O2. The third-order valence-corrected chi connectivity index (χ3v) is 4.61. The maximum Gasteiger partial charge on any atom is 0.230 e. The smallest absolute Gasteiger partial charge is 0.230 e. The molecule has 0 saturated carbocycles. The van der Waals surface area contributed by atoms with Crippen molar-refractivity contribution in [2.75, 3.05) is 12.4 Å². The summed E-state index contributed by atoms with van der Waals surface area (Å²) in [7, 11) is 1.66.